The van der Waals surface area contributed by atoms with E-state index in [0.29, 0.717) is 32.1 Å². The molecule has 1 saturated heterocycles. The Labute approximate surface area is 185 Å². The summed E-state index contributed by atoms with van der Waals surface area (Å²) in [5, 5.41) is 0.271. The maximum absolute atomic E-state index is 11.9. The predicted octanol–water partition coefficient (Wildman–Crippen LogP) is 4.19. The van der Waals surface area contributed by atoms with Gasteiger partial charge in [-0.1, -0.05) is 0 Å². The van der Waals surface area contributed by atoms with Crippen LogP contribution in [-0.4, -0.2) is 62.7 Å². The van der Waals surface area contributed by atoms with Crippen molar-refractivity contribution in [3.63, 3.8) is 0 Å². The summed E-state index contributed by atoms with van der Waals surface area (Å²) in [6, 6.07) is 0. The second kappa shape index (κ2) is 10.3. The molecule has 0 aromatic carbocycles. The van der Waals surface area contributed by atoms with Gasteiger partial charge in [0.25, 0.3) is 0 Å². The van der Waals surface area contributed by atoms with E-state index in [-0.39, 0.29) is 11.4 Å². The summed E-state index contributed by atoms with van der Waals surface area (Å²) in [5.41, 5.74) is -0.455. The highest BCUT2D eigenvalue weighted by Gasteiger charge is 2.26. The number of hydrogen-bond acceptors (Lipinski definition) is 7. The van der Waals surface area contributed by atoms with Gasteiger partial charge in [-0.15, -0.1) is 0 Å². The SMILES string of the molecule is CC(C)(C)OC(=O)N1CCN(c2ncc(Br)cn2)CC1.Clc1ncc(Br)cn1. The standard InChI is InChI=1S/C13H19BrN4O2.C4H2BrClN2/c1-13(2,3)20-12(19)18-6-4-17(5-7-18)11-15-8-10(14)9-16-11;5-3-1-7-4(6)8-2-3/h8-9H,4-7H2,1-3H3;1-2H. The molecule has 11 heteroatoms. The number of halogens is 3. The predicted molar refractivity (Wildman–Crippen MR) is 114 cm³/mol. The number of ether oxygens (including phenoxy) is 1. The number of rotatable bonds is 1. The summed E-state index contributed by atoms with van der Waals surface area (Å²) in [7, 11) is 0. The number of piperazine rings is 1. The van der Waals surface area contributed by atoms with Gasteiger partial charge in [0, 0.05) is 51.0 Å². The molecular weight excluding hydrogens is 515 g/mol. The highest BCUT2D eigenvalue weighted by molar-refractivity contribution is 9.10. The molecule has 3 heterocycles. The van der Waals surface area contributed by atoms with Crippen LogP contribution in [0.4, 0.5) is 10.7 Å². The molecule has 0 N–H and O–H groups in total. The summed E-state index contributed by atoms with van der Waals surface area (Å²) in [6.07, 6.45) is 6.38. The zero-order valence-electron chi connectivity index (χ0n) is 15.8. The molecule has 2 aromatic heterocycles. The van der Waals surface area contributed by atoms with Crippen LogP contribution in [0.25, 0.3) is 0 Å². The van der Waals surface area contributed by atoms with Crippen LogP contribution in [0.1, 0.15) is 20.8 Å². The van der Waals surface area contributed by atoms with E-state index in [1.807, 2.05) is 20.8 Å². The maximum Gasteiger partial charge on any atom is 0.410 e. The molecule has 8 nitrogen and oxygen atoms in total. The normalized spacial score (nSPS) is 14.2. The molecule has 0 atom stereocenters. The smallest absolute Gasteiger partial charge is 0.410 e. The molecule has 0 saturated carbocycles. The van der Waals surface area contributed by atoms with Crippen LogP contribution >= 0.6 is 43.5 Å². The van der Waals surface area contributed by atoms with Gasteiger partial charge in [-0.2, -0.15) is 0 Å². The van der Waals surface area contributed by atoms with E-state index in [1.54, 1.807) is 29.7 Å². The number of carbonyl (C=O) groups excluding carboxylic acids is 1. The third kappa shape index (κ3) is 7.84. The number of hydrogen-bond donors (Lipinski definition) is 0. The van der Waals surface area contributed by atoms with Gasteiger partial charge in [0.05, 0.1) is 8.95 Å². The topological polar surface area (TPSA) is 84.3 Å². The molecule has 0 bridgehead atoms. The van der Waals surface area contributed by atoms with Crippen LogP contribution in [0.5, 0.6) is 0 Å². The fourth-order valence-electron chi connectivity index (χ4n) is 2.18. The van der Waals surface area contributed by atoms with E-state index < -0.39 is 5.60 Å². The molecule has 1 aliphatic rings. The number of nitrogens with zero attached hydrogens (tertiary/aromatic N) is 6. The first-order valence-corrected chi connectivity index (χ1v) is 10.4. The summed E-state index contributed by atoms with van der Waals surface area (Å²) >= 11 is 11.8. The molecule has 28 heavy (non-hydrogen) atoms. The molecular formula is C17H21Br2ClN6O2. The summed E-state index contributed by atoms with van der Waals surface area (Å²) in [6.45, 7) is 8.27. The molecule has 0 spiro atoms. The fourth-order valence-corrected chi connectivity index (χ4v) is 2.69. The lowest BCUT2D eigenvalue weighted by molar-refractivity contribution is 0.0240. The fraction of sp³-hybridized carbons (Fsp3) is 0.471. The third-order valence-corrected chi connectivity index (χ3v) is 4.42. The summed E-state index contributed by atoms with van der Waals surface area (Å²) in [5.74, 6) is 0.692. The van der Waals surface area contributed by atoms with Crippen molar-refractivity contribution in [2.24, 2.45) is 0 Å². The lowest BCUT2D eigenvalue weighted by Gasteiger charge is -2.35. The number of aromatic nitrogens is 4. The van der Waals surface area contributed by atoms with Gasteiger partial charge >= 0.3 is 6.09 Å². The Morgan fingerprint density at radius 2 is 1.43 bits per heavy atom. The van der Waals surface area contributed by atoms with Crippen molar-refractivity contribution in [1.29, 1.82) is 0 Å². The minimum Gasteiger partial charge on any atom is -0.444 e. The van der Waals surface area contributed by atoms with E-state index in [4.69, 9.17) is 16.3 Å². The Morgan fingerprint density at radius 3 is 1.86 bits per heavy atom. The lowest BCUT2D eigenvalue weighted by atomic mass is 10.2. The van der Waals surface area contributed by atoms with Gasteiger partial charge in [0.1, 0.15) is 5.60 Å². The first kappa shape index (κ1) is 22.8. The number of amides is 1. The Hall–Kier alpha value is -1.52. The molecule has 152 valence electrons. The van der Waals surface area contributed by atoms with Crippen molar-refractivity contribution >= 4 is 55.5 Å². The van der Waals surface area contributed by atoms with Gasteiger partial charge < -0.3 is 14.5 Å². The van der Waals surface area contributed by atoms with Crippen LogP contribution in [0.15, 0.2) is 33.7 Å². The molecule has 1 aliphatic heterocycles. The molecule has 1 fully saturated rings. The number of anilines is 1. The Balaban J connectivity index is 0.000000292. The van der Waals surface area contributed by atoms with Crippen LogP contribution < -0.4 is 4.90 Å². The van der Waals surface area contributed by atoms with E-state index >= 15 is 0 Å². The van der Waals surface area contributed by atoms with Crippen LogP contribution in [0, 0.1) is 0 Å². The second-order valence-electron chi connectivity index (χ2n) is 6.83. The van der Waals surface area contributed by atoms with Crippen LogP contribution in [-0.2, 0) is 4.74 Å². The first-order chi connectivity index (χ1) is 13.1. The zero-order valence-corrected chi connectivity index (χ0v) is 19.7. The molecule has 3 rings (SSSR count). The zero-order chi connectivity index (χ0) is 20.7. The first-order valence-electron chi connectivity index (χ1n) is 8.47. The summed E-state index contributed by atoms with van der Waals surface area (Å²) < 4.78 is 7.06. The quantitative estimate of drug-likeness (QED) is 0.506. The Kier molecular flexibility index (Phi) is 8.38. The average molecular weight is 537 g/mol. The minimum absolute atomic E-state index is 0.256. The van der Waals surface area contributed by atoms with Crippen molar-refractivity contribution in [2.75, 3.05) is 31.1 Å². The van der Waals surface area contributed by atoms with Crippen LogP contribution in [0.3, 0.4) is 0 Å². The van der Waals surface area contributed by atoms with E-state index in [2.05, 4.69) is 56.7 Å². The minimum atomic E-state index is -0.455. The molecule has 1 amide bonds. The van der Waals surface area contributed by atoms with Crippen molar-refractivity contribution in [3.8, 4) is 0 Å². The second-order valence-corrected chi connectivity index (χ2v) is 9.00. The Bertz CT molecular complexity index is 742. The van der Waals surface area contributed by atoms with E-state index in [9.17, 15) is 4.79 Å². The van der Waals surface area contributed by atoms with E-state index in [0.717, 1.165) is 8.95 Å². The Morgan fingerprint density at radius 1 is 0.964 bits per heavy atom. The van der Waals surface area contributed by atoms with Gasteiger partial charge in [-0.05, 0) is 64.2 Å². The van der Waals surface area contributed by atoms with Crippen molar-refractivity contribution < 1.29 is 9.53 Å². The molecule has 0 unspecified atom stereocenters. The third-order valence-electron chi connectivity index (χ3n) is 3.41. The molecule has 0 aliphatic carbocycles. The maximum atomic E-state index is 11.9. The van der Waals surface area contributed by atoms with Crippen molar-refractivity contribution in [1.82, 2.24) is 24.8 Å². The van der Waals surface area contributed by atoms with Gasteiger partial charge in [-0.3, -0.25) is 0 Å². The average Bonchev–Trinajstić information content (AvgIpc) is 2.64. The van der Waals surface area contributed by atoms with Gasteiger partial charge in [-0.25, -0.2) is 24.7 Å². The van der Waals surface area contributed by atoms with Gasteiger partial charge in [0.15, 0.2) is 0 Å². The van der Waals surface area contributed by atoms with Crippen molar-refractivity contribution in [3.05, 3.63) is 39.0 Å². The lowest BCUT2D eigenvalue weighted by Crippen LogP contribution is -2.50. The largest absolute Gasteiger partial charge is 0.444 e. The van der Waals surface area contributed by atoms with Gasteiger partial charge in [0.2, 0.25) is 11.2 Å². The van der Waals surface area contributed by atoms with Crippen molar-refractivity contribution in [2.45, 2.75) is 26.4 Å². The van der Waals surface area contributed by atoms with E-state index in [1.165, 1.54) is 0 Å². The molecule has 2 aromatic rings. The number of carbonyl (C=O) groups is 1. The highest BCUT2D eigenvalue weighted by atomic mass is 79.9. The monoisotopic (exact) mass is 534 g/mol. The van der Waals surface area contributed by atoms with Crippen LogP contribution in [0.2, 0.25) is 5.28 Å². The molecule has 0 radical (unpaired) electrons. The summed E-state index contributed by atoms with van der Waals surface area (Å²) in [4.78, 5) is 31.6. The highest BCUT2D eigenvalue weighted by Crippen LogP contribution is 2.15.